The maximum absolute atomic E-state index is 10.6. The number of rotatable bonds is 5. The lowest BCUT2D eigenvalue weighted by Crippen LogP contribution is -2.13. The van der Waals surface area contributed by atoms with Crippen molar-refractivity contribution < 1.29 is 19.7 Å². The summed E-state index contributed by atoms with van der Waals surface area (Å²) in [5.41, 5.74) is 0. The van der Waals surface area contributed by atoms with Crippen LogP contribution >= 0.6 is 0 Å². The summed E-state index contributed by atoms with van der Waals surface area (Å²) in [6.07, 6.45) is 2.30. The number of hydrogen-bond donors (Lipinski definition) is 2. The van der Waals surface area contributed by atoms with Gasteiger partial charge in [-0.3, -0.25) is 0 Å². The molecule has 0 saturated carbocycles. The Balaban J connectivity index is 3.62. The van der Waals surface area contributed by atoms with Crippen molar-refractivity contribution in [2.45, 2.75) is 32.0 Å². The minimum Gasteiger partial charge on any atom is -0.466 e. The highest BCUT2D eigenvalue weighted by Gasteiger charge is 2.05. The van der Waals surface area contributed by atoms with Crippen molar-refractivity contribution in [1.82, 2.24) is 0 Å². The first-order chi connectivity index (χ1) is 6.06. The molecule has 13 heavy (non-hydrogen) atoms. The number of hydrogen-bond acceptors (Lipinski definition) is 4. The van der Waals surface area contributed by atoms with Crippen LogP contribution in [0.25, 0.3) is 0 Å². The summed E-state index contributed by atoms with van der Waals surface area (Å²) >= 11 is 0. The Bertz CT molecular complexity index is 174. The van der Waals surface area contributed by atoms with Crippen LogP contribution < -0.4 is 0 Å². The van der Waals surface area contributed by atoms with Crippen LogP contribution in [0.5, 0.6) is 0 Å². The smallest absolute Gasteiger partial charge is 0.330 e. The van der Waals surface area contributed by atoms with E-state index in [1.54, 1.807) is 6.92 Å². The SMILES string of the molecule is COC(=O)/C=C\C[C@@H](O)C[C@H](C)O. The summed E-state index contributed by atoms with van der Waals surface area (Å²) in [5, 5.41) is 18.1. The van der Waals surface area contributed by atoms with Gasteiger partial charge in [0.1, 0.15) is 0 Å². The second-order valence-corrected chi connectivity index (χ2v) is 2.90. The standard InChI is InChI=1S/C9H16O4/c1-7(10)6-8(11)4-3-5-9(12)13-2/h3,5,7-8,10-11H,4,6H2,1-2H3/b5-3-/t7-,8+/m0/s1. The number of esters is 1. The van der Waals surface area contributed by atoms with E-state index >= 15 is 0 Å². The lowest BCUT2D eigenvalue weighted by molar-refractivity contribution is -0.134. The highest BCUT2D eigenvalue weighted by atomic mass is 16.5. The van der Waals surface area contributed by atoms with Crippen molar-refractivity contribution in [3.63, 3.8) is 0 Å². The van der Waals surface area contributed by atoms with E-state index in [9.17, 15) is 9.90 Å². The third-order valence-electron chi connectivity index (χ3n) is 1.48. The Morgan fingerprint density at radius 3 is 2.62 bits per heavy atom. The van der Waals surface area contributed by atoms with Gasteiger partial charge in [-0.2, -0.15) is 0 Å². The fourth-order valence-corrected chi connectivity index (χ4v) is 0.879. The van der Waals surface area contributed by atoms with Gasteiger partial charge in [-0.15, -0.1) is 0 Å². The Kier molecular flexibility index (Phi) is 6.18. The zero-order valence-electron chi connectivity index (χ0n) is 7.93. The molecule has 4 heteroatoms. The van der Waals surface area contributed by atoms with Crippen LogP contribution in [0, 0.1) is 0 Å². The molecule has 0 bridgehead atoms. The molecule has 2 atom stereocenters. The fourth-order valence-electron chi connectivity index (χ4n) is 0.879. The van der Waals surface area contributed by atoms with Gasteiger partial charge in [-0.05, 0) is 19.8 Å². The molecule has 0 fully saturated rings. The number of methoxy groups -OCH3 is 1. The highest BCUT2D eigenvalue weighted by Crippen LogP contribution is 2.02. The lowest BCUT2D eigenvalue weighted by atomic mass is 10.1. The van der Waals surface area contributed by atoms with Crippen molar-refractivity contribution >= 4 is 5.97 Å². The van der Waals surface area contributed by atoms with Gasteiger partial charge in [0, 0.05) is 6.08 Å². The Morgan fingerprint density at radius 1 is 1.54 bits per heavy atom. The average Bonchev–Trinajstić information content (AvgIpc) is 2.02. The minimum atomic E-state index is -0.610. The monoisotopic (exact) mass is 188 g/mol. The predicted octanol–water partition coefficient (Wildman–Crippen LogP) is 0.237. The molecule has 0 aromatic heterocycles. The summed E-state index contributed by atoms with van der Waals surface area (Å²) in [6, 6.07) is 0. The van der Waals surface area contributed by atoms with Gasteiger partial charge in [0.05, 0.1) is 19.3 Å². The Morgan fingerprint density at radius 2 is 2.15 bits per heavy atom. The summed E-state index contributed by atoms with van der Waals surface area (Å²) in [5.74, 6) is -0.441. The normalized spacial score (nSPS) is 15.7. The van der Waals surface area contributed by atoms with E-state index in [1.165, 1.54) is 19.3 Å². The fraction of sp³-hybridized carbons (Fsp3) is 0.667. The molecule has 0 saturated heterocycles. The van der Waals surface area contributed by atoms with Crippen LogP contribution in [-0.4, -0.2) is 35.5 Å². The van der Waals surface area contributed by atoms with Crippen LogP contribution in [0.2, 0.25) is 0 Å². The molecule has 0 aliphatic carbocycles. The van der Waals surface area contributed by atoms with Crippen LogP contribution in [0.15, 0.2) is 12.2 Å². The van der Waals surface area contributed by atoms with Crippen LogP contribution in [0.4, 0.5) is 0 Å². The van der Waals surface area contributed by atoms with Crippen molar-refractivity contribution in [2.24, 2.45) is 0 Å². The molecule has 0 aliphatic rings. The molecule has 0 radical (unpaired) electrons. The summed E-state index contributed by atoms with van der Waals surface area (Å²) in [7, 11) is 1.29. The van der Waals surface area contributed by atoms with Gasteiger partial charge in [-0.1, -0.05) is 6.08 Å². The summed E-state index contributed by atoms with van der Waals surface area (Å²) < 4.78 is 4.36. The molecule has 0 aromatic rings. The summed E-state index contributed by atoms with van der Waals surface area (Å²) in [4.78, 5) is 10.6. The topological polar surface area (TPSA) is 66.8 Å². The molecule has 0 unspecified atom stereocenters. The van der Waals surface area contributed by atoms with E-state index < -0.39 is 18.2 Å². The van der Waals surface area contributed by atoms with Gasteiger partial charge in [0.25, 0.3) is 0 Å². The maximum Gasteiger partial charge on any atom is 0.330 e. The molecule has 76 valence electrons. The molecule has 0 rings (SSSR count). The second-order valence-electron chi connectivity index (χ2n) is 2.90. The van der Waals surface area contributed by atoms with Crippen molar-refractivity contribution in [1.29, 1.82) is 0 Å². The van der Waals surface area contributed by atoms with Crippen LogP contribution in [0.3, 0.4) is 0 Å². The molecule has 0 aromatic carbocycles. The van der Waals surface area contributed by atoms with Crippen molar-refractivity contribution in [2.75, 3.05) is 7.11 Å². The zero-order chi connectivity index (χ0) is 10.3. The summed E-state index contributed by atoms with van der Waals surface area (Å²) in [6.45, 7) is 1.60. The molecule has 0 aliphatic heterocycles. The van der Waals surface area contributed by atoms with Crippen LogP contribution in [-0.2, 0) is 9.53 Å². The van der Waals surface area contributed by atoms with E-state index in [1.807, 2.05) is 0 Å². The predicted molar refractivity (Wildman–Crippen MR) is 48.1 cm³/mol. The number of carbonyl (C=O) groups excluding carboxylic acids is 1. The number of aliphatic hydroxyl groups is 2. The number of carbonyl (C=O) groups is 1. The Hall–Kier alpha value is -0.870. The second kappa shape index (κ2) is 6.62. The highest BCUT2D eigenvalue weighted by molar-refractivity contribution is 5.81. The van der Waals surface area contributed by atoms with Crippen molar-refractivity contribution in [3.8, 4) is 0 Å². The van der Waals surface area contributed by atoms with Gasteiger partial charge < -0.3 is 14.9 Å². The van der Waals surface area contributed by atoms with E-state index in [2.05, 4.69) is 4.74 Å². The third kappa shape index (κ3) is 7.49. The third-order valence-corrected chi connectivity index (χ3v) is 1.48. The lowest BCUT2D eigenvalue weighted by Gasteiger charge is -2.09. The molecule has 2 N–H and O–H groups in total. The first kappa shape index (κ1) is 12.1. The average molecular weight is 188 g/mol. The minimum absolute atomic E-state index is 0.311. The van der Waals surface area contributed by atoms with E-state index in [0.717, 1.165) is 0 Å². The Labute approximate surface area is 77.8 Å². The van der Waals surface area contributed by atoms with Crippen molar-refractivity contribution in [3.05, 3.63) is 12.2 Å². The van der Waals surface area contributed by atoms with Gasteiger partial charge >= 0.3 is 5.97 Å². The maximum atomic E-state index is 10.6. The van der Waals surface area contributed by atoms with Crippen LogP contribution in [0.1, 0.15) is 19.8 Å². The number of ether oxygens (including phenoxy) is 1. The quantitative estimate of drug-likeness (QED) is 0.479. The largest absolute Gasteiger partial charge is 0.466 e. The van der Waals surface area contributed by atoms with E-state index in [-0.39, 0.29) is 0 Å². The van der Waals surface area contributed by atoms with Gasteiger partial charge in [0.2, 0.25) is 0 Å². The first-order valence-electron chi connectivity index (χ1n) is 4.17. The molecule has 0 amide bonds. The first-order valence-corrected chi connectivity index (χ1v) is 4.17. The molecule has 4 nitrogen and oxygen atoms in total. The zero-order valence-corrected chi connectivity index (χ0v) is 7.93. The number of aliphatic hydroxyl groups excluding tert-OH is 2. The van der Waals surface area contributed by atoms with E-state index in [0.29, 0.717) is 12.8 Å². The van der Waals surface area contributed by atoms with E-state index in [4.69, 9.17) is 5.11 Å². The molecule has 0 heterocycles. The molecular weight excluding hydrogens is 172 g/mol. The molecular formula is C9H16O4. The van der Waals surface area contributed by atoms with Gasteiger partial charge in [0.15, 0.2) is 0 Å². The van der Waals surface area contributed by atoms with Gasteiger partial charge in [-0.25, -0.2) is 4.79 Å². The molecule has 0 spiro atoms.